The lowest BCUT2D eigenvalue weighted by Gasteiger charge is -2.23. The van der Waals surface area contributed by atoms with Gasteiger partial charge in [0.2, 0.25) is 5.91 Å². The Hall–Kier alpha value is -1.79. The maximum absolute atomic E-state index is 12.4. The molecule has 1 saturated heterocycles. The third-order valence-electron chi connectivity index (χ3n) is 5.01. The first-order valence-electron chi connectivity index (χ1n) is 8.13. The van der Waals surface area contributed by atoms with Gasteiger partial charge in [0, 0.05) is 11.5 Å². The molecule has 2 heterocycles. The molecule has 1 atom stereocenters. The lowest BCUT2D eigenvalue weighted by Crippen LogP contribution is -2.33. The molecule has 1 spiro atoms. The highest BCUT2D eigenvalue weighted by molar-refractivity contribution is 7.14. The molecule has 120 valence electrons. The van der Waals surface area contributed by atoms with Gasteiger partial charge in [-0.1, -0.05) is 41.7 Å². The number of piperidine rings is 1. The van der Waals surface area contributed by atoms with Gasteiger partial charge in [0.15, 0.2) is 0 Å². The molecule has 1 aromatic carbocycles. The van der Waals surface area contributed by atoms with Crippen molar-refractivity contribution in [3.8, 4) is 10.6 Å². The molecular weight excluding hydrogens is 308 g/mol. The molecule has 2 fully saturated rings. The molecule has 1 amide bonds. The maximum Gasteiger partial charge on any atom is 0.224 e. The third kappa shape index (κ3) is 3.01. The Morgan fingerprint density at radius 3 is 2.83 bits per heavy atom. The largest absolute Gasteiger partial charge is 0.349 e. The first-order chi connectivity index (χ1) is 11.3. The van der Waals surface area contributed by atoms with E-state index in [0.717, 1.165) is 47.9 Å². The summed E-state index contributed by atoms with van der Waals surface area (Å²) in [7, 11) is 0. The zero-order chi connectivity index (χ0) is 15.7. The van der Waals surface area contributed by atoms with Gasteiger partial charge < -0.3 is 10.6 Å². The van der Waals surface area contributed by atoms with Crippen LogP contribution in [0.25, 0.3) is 10.6 Å². The second-order valence-electron chi connectivity index (χ2n) is 6.45. The summed E-state index contributed by atoms with van der Waals surface area (Å²) in [6.07, 6.45) is 3.30. The quantitative estimate of drug-likeness (QED) is 0.903. The molecule has 23 heavy (non-hydrogen) atoms. The van der Waals surface area contributed by atoms with Crippen LogP contribution in [0.2, 0.25) is 0 Å². The van der Waals surface area contributed by atoms with E-state index in [1.165, 1.54) is 0 Å². The number of hydrogen-bond acceptors (Lipinski definition) is 5. The summed E-state index contributed by atoms with van der Waals surface area (Å²) in [6, 6.07) is 10.0. The molecule has 0 bridgehead atoms. The summed E-state index contributed by atoms with van der Waals surface area (Å²) >= 11 is 1.54. The number of carbonyl (C=O) groups is 1. The molecule has 0 radical (unpaired) electrons. The highest BCUT2D eigenvalue weighted by Gasteiger charge is 2.57. The Morgan fingerprint density at radius 2 is 2.04 bits per heavy atom. The minimum atomic E-state index is 0.184. The zero-order valence-electron chi connectivity index (χ0n) is 12.9. The topological polar surface area (TPSA) is 66.9 Å². The fraction of sp³-hybridized carbons (Fsp3) is 0.471. The van der Waals surface area contributed by atoms with Crippen molar-refractivity contribution in [2.75, 3.05) is 13.1 Å². The lowest BCUT2D eigenvalue weighted by atomic mass is 9.92. The zero-order valence-corrected chi connectivity index (χ0v) is 13.7. The standard InChI is InChI=1S/C17H20N4OS/c22-15(13-10-17(13)6-8-18-9-7-17)19-11-14-20-21-16(23-14)12-4-2-1-3-5-12/h1-5,13,18H,6-11H2,(H,19,22). The number of hydrogen-bond donors (Lipinski definition) is 2. The molecule has 2 N–H and O–H groups in total. The van der Waals surface area contributed by atoms with Crippen LogP contribution >= 0.6 is 11.3 Å². The summed E-state index contributed by atoms with van der Waals surface area (Å²) in [6.45, 7) is 2.56. The Balaban J connectivity index is 1.33. The molecule has 6 heteroatoms. The van der Waals surface area contributed by atoms with Crippen molar-refractivity contribution in [1.29, 1.82) is 0 Å². The highest BCUT2D eigenvalue weighted by Crippen LogP contribution is 2.58. The number of rotatable bonds is 4. The Bertz CT molecular complexity index is 694. The van der Waals surface area contributed by atoms with Crippen molar-refractivity contribution in [2.45, 2.75) is 25.8 Å². The van der Waals surface area contributed by atoms with Gasteiger partial charge in [0.05, 0.1) is 6.54 Å². The molecular formula is C17H20N4OS. The van der Waals surface area contributed by atoms with Gasteiger partial charge >= 0.3 is 0 Å². The van der Waals surface area contributed by atoms with E-state index in [1.54, 1.807) is 11.3 Å². The molecule has 1 saturated carbocycles. The molecule has 1 aliphatic carbocycles. The number of nitrogens with zero attached hydrogens (tertiary/aromatic N) is 2. The maximum atomic E-state index is 12.4. The number of benzene rings is 1. The van der Waals surface area contributed by atoms with Gasteiger partial charge in [-0.15, -0.1) is 10.2 Å². The Kier molecular flexibility index (Phi) is 3.87. The van der Waals surface area contributed by atoms with E-state index in [9.17, 15) is 4.79 Å². The minimum Gasteiger partial charge on any atom is -0.349 e. The van der Waals surface area contributed by atoms with Gasteiger partial charge in [-0.25, -0.2) is 0 Å². The van der Waals surface area contributed by atoms with Crippen molar-refractivity contribution >= 4 is 17.2 Å². The highest BCUT2D eigenvalue weighted by atomic mass is 32.1. The van der Waals surface area contributed by atoms with Crippen molar-refractivity contribution in [3.63, 3.8) is 0 Å². The number of aromatic nitrogens is 2. The van der Waals surface area contributed by atoms with Gasteiger partial charge in [-0.05, 0) is 37.8 Å². The average molecular weight is 328 g/mol. The summed E-state index contributed by atoms with van der Waals surface area (Å²) in [5.74, 6) is 0.384. The summed E-state index contributed by atoms with van der Waals surface area (Å²) in [4.78, 5) is 12.4. The van der Waals surface area contributed by atoms with Gasteiger partial charge in [0.25, 0.3) is 0 Å². The van der Waals surface area contributed by atoms with Crippen LogP contribution < -0.4 is 10.6 Å². The van der Waals surface area contributed by atoms with Crippen molar-refractivity contribution in [3.05, 3.63) is 35.3 Å². The van der Waals surface area contributed by atoms with E-state index in [1.807, 2.05) is 30.3 Å². The summed E-state index contributed by atoms with van der Waals surface area (Å²) in [5.41, 5.74) is 1.35. The molecule has 4 rings (SSSR count). The molecule has 2 aromatic rings. The van der Waals surface area contributed by atoms with E-state index < -0.39 is 0 Å². The Morgan fingerprint density at radius 1 is 1.26 bits per heavy atom. The fourth-order valence-corrected chi connectivity index (χ4v) is 4.29. The van der Waals surface area contributed by atoms with E-state index in [2.05, 4.69) is 20.8 Å². The van der Waals surface area contributed by atoms with Crippen LogP contribution in [0.3, 0.4) is 0 Å². The van der Waals surface area contributed by atoms with Crippen LogP contribution in [0.5, 0.6) is 0 Å². The van der Waals surface area contributed by atoms with Gasteiger partial charge in [0.1, 0.15) is 10.0 Å². The summed E-state index contributed by atoms with van der Waals surface area (Å²) in [5, 5.41) is 16.6. The molecule has 1 aliphatic heterocycles. The number of nitrogens with one attached hydrogen (secondary N) is 2. The SMILES string of the molecule is O=C(NCc1nnc(-c2ccccc2)s1)C1CC12CCNCC2. The van der Waals surface area contributed by atoms with Crippen molar-refractivity contribution in [1.82, 2.24) is 20.8 Å². The van der Waals surface area contributed by atoms with Crippen molar-refractivity contribution < 1.29 is 4.79 Å². The summed E-state index contributed by atoms with van der Waals surface area (Å²) < 4.78 is 0. The second kappa shape index (κ2) is 6.02. The van der Waals surface area contributed by atoms with Crippen LogP contribution in [0.15, 0.2) is 30.3 Å². The molecule has 5 nitrogen and oxygen atoms in total. The average Bonchev–Trinajstić information content (AvgIpc) is 3.08. The smallest absolute Gasteiger partial charge is 0.224 e. The van der Waals surface area contributed by atoms with Crippen LogP contribution in [-0.2, 0) is 11.3 Å². The normalized spacial score (nSPS) is 22.0. The van der Waals surface area contributed by atoms with Crippen LogP contribution in [0.1, 0.15) is 24.3 Å². The van der Waals surface area contributed by atoms with Crippen LogP contribution in [0.4, 0.5) is 0 Å². The van der Waals surface area contributed by atoms with E-state index in [-0.39, 0.29) is 17.2 Å². The Labute approximate surface area is 139 Å². The third-order valence-corrected chi connectivity index (χ3v) is 5.98. The van der Waals surface area contributed by atoms with Gasteiger partial charge in [-0.3, -0.25) is 4.79 Å². The number of carbonyl (C=O) groups excluding carboxylic acids is 1. The predicted octanol–water partition coefficient (Wildman–Crippen LogP) is 2.21. The first kappa shape index (κ1) is 14.8. The van der Waals surface area contributed by atoms with Crippen molar-refractivity contribution in [2.24, 2.45) is 11.3 Å². The fourth-order valence-electron chi connectivity index (χ4n) is 3.50. The van der Waals surface area contributed by atoms with Crippen LogP contribution in [0, 0.1) is 11.3 Å². The van der Waals surface area contributed by atoms with Crippen LogP contribution in [-0.4, -0.2) is 29.2 Å². The minimum absolute atomic E-state index is 0.184. The lowest BCUT2D eigenvalue weighted by molar-refractivity contribution is -0.123. The van der Waals surface area contributed by atoms with Gasteiger partial charge in [-0.2, -0.15) is 0 Å². The molecule has 1 aromatic heterocycles. The van der Waals surface area contributed by atoms with E-state index in [0.29, 0.717) is 6.54 Å². The second-order valence-corrected chi connectivity index (χ2v) is 7.52. The monoisotopic (exact) mass is 328 g/mol. The predicted molar refractivity (Wildman–Crippen MR) is 89.8 cm³/mol. The molecule has 1 unspecified atom stereocenters. The van der Waals surface area contributed by atoms with E-state index in [4.69, 9.17) is 0 Å². The number of amides is 1. The first-order valence-corrected chi connectivity index (χ1v) is 8.95. The van der Waals surface area contributed by atoms with E-state index >= 15 is 0 Å². The molecule has 2 aliphatic rings.